The molecule has 3 aliphatic rings. The van der Waals surface area contributed by atoms with Gasteiger partial charge in [-0.1, -0.05) is 37.6 Å². The van der Waals surface area contributed by atoms with Crippen LogP contribution in [0.25, 0.3) is 0 Å². The van der Waals surface area contributed by atoms with Crippen LogP contribution >= 0.6 is 0 Å². The predicted octanol–water partition coefficient (Wildman–Crippen LogP) is 3.71. The van der Waals surface area contributed by atoms with Gasteiger partial charge < -0.3 is 20.7 Å². The summed E-state index contributed by atoms with van der Waals surface area (Å²) in [5.74, 6) is 0.890. The smallest absolute Gasteiger partial charge is 0.320 e. The van der Waals surface area contributed by atoms with Gasteiger partial charge in [0.15, 0.2) is 11.6 Å². The van der Waals surface area contributed by atoms with Crippen molar-refractivity contribution in [2.45, 2.75) is 70.5 Å². The number of fused-ring (bicyclic) bond motifs is 1. The van der Waals surface area contributed by atoms with E-state index >= 15 is 0 Å². The Kier molecular flexibility index (Phi) is 6.10. The van der Waals surface area contributed by atoms with Gasteiger partial charge in [0.25, 0.3) is 0 Å². The third-order valence-electron chi connectivity index (χ3n) is 6.97. The zero-order valence-corrected chi connectivity index (χ0v) is 19.5. The molecule has 1 aromatic heterocycles. The van der Waals surface area contributed by atoms with Gasteiger partial charge >= 0.3 is 6.01 Å². The highest BCUT2D eigenvalue weighted by Crippen LogP contribution is 2.51. The second-order valence-electron chi connectivity index (χ2n) is 9.63. The zero-order chi connectivity index (χ0) is 22.8. The Labute approximate surface area is 195 Å². The monoisotopic (exact) mass is 450 g/mol. The first-order chi connectivity index (χ1) is 16.1. The number of carbonyl (C=O) groups is 1. The van der Waals surface area contributed by atoms with Crippen molar-refractivity contribution in [3.05, 3.63) is 35.4 Å². The minimum Gasteiger partial charge on any atom is -0.463 e. The fraction of sp³-hybridized carbons (Fsp3) is 0.560. The number of hydrogen-bond donors (Lipinski definition) is 2. The highest BCUT2D eigenvalue weighted by atomic mass is 16.5. The molecule has 0 unspecified atom stereocenters. The van der Waals surface area contributed by atoms with Gasteiger partial charge in [0, 0.05) is 13.1 Å². The van der Waals surface area contributed by atoms with Crippen molar-refractivity contribution in [2.75, 3.05) is 35.6 Å². The maximum absolute atomic E-state index is 12.7. The van der Waals surface area contributed by atoms with Gasteiger partial charge in [-0.2, -0.15) is 9.97 Å². The lowest BCUT2D eigenvalue weighted by molar-refractivity contribution is -0.116. The molecular formula is C25H34N6O2. The second kappa shape index (κ2) is 9.17. The number of benzene rings is 1. The van der Waals surface area contributed by atoms with Gasteiger partial charge in [0.1, 0.15) is 5.69 Å². The molecule has 2 fully saturated rings. The van der Waals surface area contributed by atoms with Crippen molar-refractivity contribution in [1.29, 1.82) is 0 Å². The number of nitrogens with two attached hydrogens (primary N) is 1. The average molecular weight is 451 g/mol. The van der Waals surface area contributed by atoms with Crippen molar-refractivity contribution >= 4 is 23.2 Å². The first kappa shape index (κ1) is 21.9. The van der Waals surface area contributed by atoms with Gasteiger partial charge in [0.05, 0.1) is 18.6 Å². The summed E-state index contributed by atoms with van der Waals surface area (Å²) in [5, 5.41) is 2.96. The first-order valence-electron chi connectivity index (χ1n) is 12.2. The van der Waals surface area contributed by atoms with E-state index in [1.54, 1.807) is 0 Å². The molecule has 0 atom stereocenters. The summed E-state index contributed by atoms with van der Waals surface area (Å²) in [5.41, 5.74) is 9.10. The highest BCUT2D eigenvalue weighted by molar-refractivity contribution is 6.00. The molecule has 1 amide bonds. The fourth-order valence-corrected chi connectivity index (χ4v) is 4.98. The van der Waals surface area contributed by atoms with Crippen LogP contribution in [-0.4, -0.2) is 46.0 Å². The third-order valence-corrected chi connectivity index (χ3v) is 6.97. The Hall–Kier alpha value is -2.87. The molecule has 176 valence electrons. The Morgan fingerprint density at radius 2 is 1.91 bits per heavy atom. The number of carbonyl (C=O) groups excluding carboxylic acids is 1. The Morgan fingerprint density at radius 3 is 2.64 bits per heavy atom. The number of anilines is 3. The molecule has 1 spiro atoms. The molecule has 3 N–H and O–H groups in total. The number of hydrogen-bond acceptors (Lipinski definition) is 7. The standard InChI is InChI=1S/C25H34N6O2/c1-2-3-13-33-24-28-22(26)21-23(29-24)31(25(9-10-25)15-20(32)27-21)17-19-8-6-7-18(14-19)16-30-11-4-5-12-30/h6-8,14H,2-5,9-13,15-17H2,1H3,(H,27,32)(H2,26,28,29). The summed E-state index contributed by atoms with van der Waals surface area (Å²) in [4.78, 5) is 26.5. The van der Waals surface area contributed by atoms with Crippen LogP contribution in [0, 0.1) is 0 Å². The molecule has 1 saturated carbocycles. The number of aromatic nitrogens is 2. The third kappa shape index (κ3) is 4.76. The summed E-state index contributed by atoms with van der Waals surface area (Å²) in [6, 6.07) is 9.07. The van der Waals surface area contributed by atoms with Gasteiger partial charge in [-0.25, -0.2) is 0 Å². The zero-order valence-electron chi connectivity index (χ0n) is 19.5. The minimum atomic E-state index is -0.220. The van der Waals surface area contributed by atoms with Crippen LogP contribution in [0.15, 0.2) is 24.3 Å². The lowest BCUT2D eigenvalue weighted by Crippen LogP contribution is -2.38. The first-order valence-corrected chi connectivity index (χ1v) is 12.2. The van der Waals surface area contributed by atoms with E-state index in [0.29, 0.717) is 31.1 Å². The summed E-state index contributed by atoms with van der Waals surface area (Å²) in [6.07, 6.45) is 6.89. The lowest BCUT2D eigenvalue weighted by Gasteiger charge is -2.32. The van der Waals surface area contributed by atoms with E-state index in [9.17, 15) is 4.79 Å². The van der Waals surface area contributed by atoms with Gasteiger partial charge in [0.2, 0.25) is 5.91 Å². The molecule has 1 aliphatic carbocycles. The number of nitrogens with zero attached hydrogens (tertiary/aromatic N) is 4. The summed E-state index contributed by atoms with van der Waals surface area (Å²) >= 11 is 0. The molecule has 2 aromatic rings. The van der Waals surface area contributed by atoms with Crippen molar-refractivity contribution in [1.82, 2.24) is 14.9 Å². The van der Waals surface area contributed by atoms with Crippen LogP contribution in [0.3, 0.4) is 0 Å². The van der Waals surface area contributed by atoms with Gasteiger partial charge in [-0.15, -0.1) is 0 Å². The lowest BCUT2D eigenvalue weighted by atomic mass is 10.1. The van der Waals surface area contributed by atoms with Crippen molar-refractivity contribution in [3.8, 4) is 6.01 Å². The van der Waals surface area contributed by atoms with E-state index in [1.807, 2.05) is 0 Å². The fourth-order valence-electron chi connectivity index (χ4n) is 4.98. The second-order valence-corrected chi connectivity index (χ2v) is 9.63. The van der Waals surface area contributed by atoms with Crippen LogP contribution in [0.5, 0.6) is 6.01 Å². The molecule has 8 nitrogen and oxygen atoms in total. The Morgan fingerprint density at radius 1 is 1.15 bits per heavy atom. The normalized spacial score (nSPS) is 19.3. The predicted molar refractivity (Wildman–Crippen MR) is 129 cm³/mol. The summed E-state index contributed by atoms with van der Waals surface area (Å²) in [7, 11) is 0. The number of rotatable bonds is 8. The van der Waals surface area contributed by atoms with E-state index in [4.69, 9.17) is 15.5 Å². The Balaban J connectivity index is 1.45. The van der Waals surface area contributed by atoms with E-state index in [1.165, 1.54) is 37.1 Å². The Bertz CT molecular complexity index is 1020. The molecule has 3 heterocycles. The number of unbranched alkanes of at least 4 members (excludes halogenated alkanes) is 1. The van der Waals surface area contributed by atoms with Crippen LogP contribution in [-0.2, 0) is 17.9 Å². The average Bonchev–Trinajstić information content (AvgIpc) is 3.40. The maximum Gasteiger partial charge on any atom is 0.320 e. The number of nitrogen functional groups attached to an aromatic ring is 1. The van der Waals surface area contributed by atoms with Gasteiger partial charge in [-0.3, -0.25) is 9.69 Å². The van der Waals surface area contributed by atoms with E-state index in [2.05, 4.69) is 51.3 Å². The molecule has 1 aromatic carbocycles. The molecule has 0 bridgehead atoms. The number of amides is 1. The van der Waals surface area contributed by atoms with Gasteiger partial charge in [-0.05, 0) is 56.3 Å². The number of ether oxygens (including phenoxy) is 1. The van der Waals surface area contributed by atoms with Crippen LogP contribution < -0.4 is 20.7 Å². The maximum atomic E-state index is 12.7. The molecule has 5 rings (SSSR count). The molecular weight excluding hydrogens is 416 g/mol. The van der Waals surface area contributed by atoms with E-state index in [-0.39, 0.29) is 23.3 Å². The number of likely N-dealkylation sites (tertiary alicyclic amines) is 1. The minimum absolute atomic E-state index is 0.0333. The number of nitrogens with one attached hydrogen (secondary N) is 1. The van der Waals surface area contributed by atoms with Crippen molar-refractivity contribution in [3.63, 3.8) is 0 Å². The largest absolute Gasteiger partial charge is 0.463 e. The highest BCUT2D eigenvalue weighted by Gasteiger charge is 2.52. The summed E-state index contributed by atoms with van der Waals surface area (Å²) in [6.45, 7) is 6.67. The quantitative estimate of drug-likeness (QED) is 0.592. The van der Waals surface area contributed by atoms with Crippen LogP contribution in [0.1, 0.15) is 63.0 Å². The van der Waals surface area contributed by atoms with Crippen LogP contribution in [0.2, 0.25) is 0 Å². The molecule has 8 heteroatoms. The van der Waals surface area contributed by atoms with Crippen molar-refractivity contribution in [2.24, 2.45) is 0 Å². The van der Waals surface area contributed by atoms with E-state index in [0.717, 1.165) is 32.2 Å². The van der Waals surface area contributed by atoms with E-state index < -0.39 is 0 Å². The topological polar surface area (TPSA) is 96.6 Å². The molecule has 2 aliphatic heterocycles. The molecule has 1 saturated heterocycles. The molecule has 33 heavy (non-hydrogen) atoms. The SMILES string of the molecule is CCCCOc1nc(N)c2c(n1)N(Cc1cccc(CN3CCCC3)c1)C1(CC1)CC(=O)N2. The van der Waals surface area contributed by atoms with Crippen molar-refractivity contribution < 1.29 is 9.53 Å². The van der Waals surface area contributed by atoms with Crippen LogP contribution in [0.4, 0.5) is 17.3 Å². The molecule has 0 radical (unpaired) electrons. The summed E-state index contributed by atoms with van der Waals surface area (Å²) < 4.78 is 5.79.